The Morgan fingerprint density at radius 1 is 1.20 bits per heavy atom. The third-order valence-corrected chi connectivity index (χ3v) is 4.61. The van der Waals surface area contributed by atoms with Gasteiger partial charge in [0.05, 0.1) is 0 Å². The quantitative estimate of drug-likeness (QED) is 0.654. The van der Waals surface area contributed by atoms with Crippen LogP contribution in [0.2, 0.25) is 5.02 Å². The number of carbonyl (C=O) groups excluding carboxylic acids is 2. The van der Waals surface area contributed by atoms with Crippen LogP contribution in [0.4, 0.5) is 5.13 Å². The first-order valence-electron chi connectivity index (χ1n) is 8.34. The summed E-state index contributed by atoms with van der Waals surface area (Å²) >= 11 is 7.23. The lowest BCUT2D eigenvalue weighted by Crippen LogP contribution is -2.38. The van der Waals surface area contributed by atoms with Gasteiger partial charge in [-0.25, -0.2) is 4.98 Å². The predicted molar refractivity (Wildman–Crippen MR) is 102 cm³/mol. The van der Waals surface area contributed by atoms with Crippen LogP contribution in [0.15, 0.2) is 35.8 Å². The molecule has 0 saturated carbocycles. The molecule has 0 aliphatic rings. The molecular weight excluding hydrogens is 358 g/mol. The van der Waals surface area contributed by atoms with E-state index in [4.69, 9.17) is 11.6 Å². The van der Waals surface area contributed by atoms with Gasteiger partial charge in [0.2, 0.25) is 5.91 Å². The molecule has 0 fully saturated rings. The average Bonchev–Trinajstić information content (AvgIpc) is 3.10. The summed E-state index contributed by atoms with van der Waals surface area (Å²) in [6.07, 6.45) is 5.78. The normalized spacial score (nSPS) is 10.5. The summed E-state index contributed by atoms with van der Waals surface area (Å²) in [6.45, 7) is 2.69. The van der Waals surface area contributed by atoms with Gasteiger partial charge in [0.1, 0.15) is 6.54 Å². The van der Waals surface area contributed by atoms with Crippen molar-refractivity contribution in [1.29, 1.82) is 0 Å². The summed E-state index contributed by atoms with van der Waals surface area (Å²) < 4.78 is 0. The van der Waals surface area contributed by atoms with Crippen LogP contribution in [0.1, 0.15) is 43.0 Å². The maximum absolute atomic E-state index is 12.7. The number of nitrogens with one attached hydrogen (secondary N) is 1. The van der Waals surface area contributed by atoms with E-state index >= 15 is 0 Å². The van der Waals surface area contributed by atoms with Crippen molar-refractivity contribution in [3.63, 3.8) is 0 Å². The minimum Gasteiger partial charge on any atom is -0.329 e. The molecule has 1 heterocycles. The number of hydrogen-bond donors (Lipinski definition) is 1. The first kappa shape index (κ1) is 19.4. The fraction of sp³-hybridized carbons (Fsp3) is 0.389. The van der Waals surface area contributed by atoms with Gasteiger partial charge >= 0.3 is 0 Å². The summed E-state index contributed by atoms with van der Waals surface area (Å²) in [6, 6.07) is 6.73. The van der Waals surface area contributed by atoms with E-state index in [0.29, 0.717) is 22.3 Å². The lowest BCUT2D eigenvalue weighted by atomic mass is 10.1. The van der Waals surface area contributed by atoms with Crippen molar-refractivity contribution in [1.82, 2.24) is 9.88 Å². The van der Waals surface area contributed by atoms with Gasteiger partial charge in [0.25, 0.3) is 5.91 Å². The van der Waals surface area contributed by atoms with E-state index in [1.807, 2.05) is 0 Å². The molecule has 0 spiro atoms. The molecule has 2 rings (SSSR count). The Morgan fingerprint density at radius 3 is 2.60 bits per heavy atom. The number of benzene rings is 1. The average molecular weight is 380 g/mol. The molecule has 1 N–H and O–H groups in total. The molecular formula is C18H22ClN3O2S. The minimum atomic E-state index is -0.243. The number of nitrogens with zero attached hydrogens (tertiary/aromatic N) is 2. The fourth-order valence-corrected chi connectivity index (χ4v) is 3.05. The van der Waals surface area contributed by atoms with Gasteiger partial charge in [-0.2, -0.15) is 0 Å². The summed E-state index contributed by atoms with van der Waals surface area (Å²) in [5.41, 5.74) is 0.530. The molecule has 0 bridgehead atoms. The van der Waals surface area contributed by atoms with Crippen LogP contribution in [0.5, 0.6) is 0 Å². The number of amides is 2. The van der Waals surface area contributed by atoms with Gasteiger partial charge in [-0.05, 0) is 30.7 Å². The molecule has 0 saturated heterocycles. The topological polar surface area (TPSA) is 62.3 Å². The van der Waals surface area contributed by atoms with Crippen molar-refractivity contribution in [2.24, 2.45) is 0 Å². The highest BCUT2D eigenvalue weighted by Gasteiger charge is 2.19. The van der Waals surface area contributed by atoms with E-state index in [-0.39, 0.29) is 18.4 Å². The van der Waals surface area contributed by atoms with E-state index in [9.17, 15) is 9.59 Å². The predicted octanol–water partition coefficient (Wildman–Crippen LogP) is 4.46. The van der Waals surface area contributed by atoms with Gasteiger partial charge in [0, 0.05) is 28.7 Å². The van der Waals surface area contributed by atoms with Crippen LogP contribution in [-0.4, -0.2) is 34.8 Å². The maximum Gasteiger partial charge on any atom is 0.254 e. The zero-order valence-electron chi connectivity index (χ0n) is 14.2. The maximum atomic E-state index is 12.7. The standard InChI is InChI=1S/C18H22ClN3O2S/c1-2-3-4-5-11-22(13-16(23)21-18-20-10-12-25-18)17(24)14-6-8-15(19)9-7-14/h6-10,12H,2-5,11,13H2,1H3,(H,20,21,23). The van der Waals surface area contributed by atoms with Crippen molar-refractivity contribution in [3.8, 4) is 0 Å². The molecule has 134 valence electrons. The van der Waals surface area contributed by atoms with Gasteiger partial charge < -0.3 is 10.2 Å². The first-order chi connectivity index (χ1) is 12.1. The van der Waals surface area contributed by atoms with Crippen LogP contribution in [-0.2, 0) is 4.79 Å². The number of halogens is 1. The molecule has 5 nitrogen and oxygen atoms in total. The van der Waals surface area contributed by atoms with Crippen molar-refractivity contribution < 1.29 is 9.59 Å². The van der Waals surface area contributed by atoms with E-state index in [1.165, 1.54) is 11.3 Å². The molecule has 0 unspecified atom stereocenters. The van der Waals surface area contributed by atoms with Crippen LogP contribution in [0.3, 0.4) is 0 Å². The number of carbonyl (C=O) groups is 2. The van der Waals surface area contributed by atoms with Gasteiger partial charge in [-0.1, -0.05) is 37.8 Å². The molecule has 0 aliphatic heterocycles. The largest absolute Gasteiger partial charge is 0.329 e. The highest BCUT2D eigenvalue weighted by molar-refractivity contribution is 7.13. The van der Waals surface area contributed by atoms with Crippen LogP contribution >= 0.6 is 22.9 Å². The summed E-state index contributed by atoms with van der Waals surface area (Å²) in [7, 11) is 0. The van der Waals surface area contributed by atoms with E-state index in [0.717, 1.165) is 25.7 Å². The molecule has 0 atom stereocenters. The van der Waals surface area contributed by atoms with Gasteiger partial charge in [-0.15, -0.1) is 11.3 Å². The molecule has 0 aliphatic carbocycles. The Bertz CT molecular complexity index is 674. The number of unbranched alkanes of at least 4 members (excludes halogenated alkanes) is 3. The number of aromatic nitrogens is 1. The Labute approximate surface area is 157 Å². The SMILES string of the molecule is CCCCCCN(CC(=O)Nc1nccs1)C(=O)c1ccc(Cl)cc1. The van der Waals surface area contributed by atoms with E-state index < -0.39 is 0 Å². The molecule has 2 amide bonds. The number of hydrogen-bond acceptors (Lipinski definition) is 4. The highest BCUT2D eigenvalue weighted by atomic mass is 35.5. The van der Waals surface area contributed by atoms with Gasteiger partial charge in [0.15, 0.2) is 5.13 Å². The Morgan fingerprint density at radius 2 is 1.96 bits per heavy atom. The zero-order valence-corrected chi connectivity index (χ0v) is 15.8. The fourth-order valence-electron chi connectivity index (χ4n) is 2.37. The van der Waals surface area contributed by atoms with Gasteiger partial charge in [-0.3, -0.25) is 9.59 Å². The van der Waals surface area contributed by atoms with Crippen molar-refractivity contribution in [3.05, 3.63) is 46.4 Å². The second kappa shape index (κ2) is 10.2. The zero-order chi connectivity index (χ0) is 18.1. The van der Waals surface area contributed by atoms with Crippen LogP contribution in [0.25, 0.3) is 0 Å². The van der Waals surface area contributed by atoms with Crippen molar-refractivity contribution in [2.45, 2.75) is 32.6 Å². The molecule has 7 heteroatoms. The number of thiazole rings is 1. The summed E-state index contributed by atoms with van der Waals surface area (Å²) in [5.74, 6) is -0.407. The van der Waals surface area contributed by atoms with Crippen molar-refractivity contribution in [2.75, 3.05) is 18.4 Å². The second-order valence-electron chi connectivity index (χ2n) is 5.68. The Balaban J connectivity index is 2.01. The minimum absolute atomic E-state index is 0.00711. The number of rotatable bonds is 9. The number of anilines is 1. The van der Waals surface area contributed by atoms with Crippen LogP contribution < -0.4 is 5.32 Å². The highest BCUT2D eigenvalue weighted by Crippen LogP contribution is 2.14. The monoisotopic (exact) mass is 379 g/mol. The summed E-state index contributed by atoms with van der Waals surface area (Å²) in [5, 5.41) is 5.62. The molecule has 1 aromatic carbocycles. The Hall–Kier alpha value is -1.92. The Kier molecular flexibility index (Phi) is 7.88. The lowest BCUT2D eigenvalue weighted by Gasteiger charge is -2.22. The van der Waals surface area contributed by atoms with E-state index in [2.05, 4.69) is 17.2 Å². The summed E-state index contributed by atoms with van der Waals surface area (Å²) in [4.78, 5) is 30.6. The molecule has 2 aromatic rings. The lowest BCUT2D eigenvalue weighted by molar-refractivity contribution is -0.116. The molecule has 1 aromatic heterocycles. The third kappa shape index (κ3) is 6.48. The smallest absolute Gasteiger partial charge is 0.254 e. The van der Waals surface area contributed by atoms with Crippen molar-refractivity contribution >= 4 is 39.9 Å². The second-order valence-corrected chi connectivity index (χ2v) is 7.01. The van der Waals surface area contributed by atoms with Crippen LogP contribution in [0, 0.1) is 0 Å². The van der Waals surface area contributed by atoms with E-state index in [1.54, 1.807) is 40.7 Å². The first-order valence-corrected chi connectivity index (χ1v) is 9.60. The molecule has 25 heavy (non-hydrogen) atoms. The molecule has 0 radical (unpaired) electrons. The third-order valence-electron chi connectivity index (χ3n) is 3.67.